The lowest BCUT2D eigenvalue weighted by Crippen LogP contribution is -1.89. The summed E-state index contributed by atoms with van der Waals surface area (Å²) in [5.41, 5.74) is 7.30. The Bertz CT molecular complexity index is 510. The summed E-state index contributed by atoms with van der Waals surface area (Å²) in [5, 5.41) is 11.9. The number of thiophene rings is 1. The molecule has 13 heavy (non-hydrogen) atoms. The first-order valence-electron chi connectivity index (χ1n) is 3.59. The molecule has 0 spiro atoms. The summed E-state index contributed by atoms with van der Waals surface area (Å²) in [6.45, 7) is 0. The maximum atomic E-state index is 8.94. The number of halogens is 1. The van der Waals surface area contributed by atoms with Crippen molar-refractivity contribution in [3.8, 4) is 6.07 Å². The zero-order valence-electron chi connectivity index (χ0n) is 6.54. The zero-order chi connectivity index (χ0) is 9.42. The van der Waals surface area contributed by atoms with Gasteiger partial charge in [-0.1, -0.05) is 0 Å². The summed E-state index contributed by atoms with van der Waals surface area (Å²) in [4.78, 5) is 0. The second-order valence-electron chi connectivity index (χ2n) is 2.60. The van der Waals surface area contributed by atoms with E-state index in [-0.39, 0.29) is 0 Å². The number of nitrogen functional groups attached to an aromatic ring is 1. The Morgan fingerprint density at radius 2 is 2.31 bits per heavy atom. The van der Waals surface area contributed by atoms with Gasteiger partial charge in [-0.3, -0.25) is 0 Å². The SMILES string of the molecule is N#Cc1c(I)cc(N)c2ccsc12. The Kier molecular flexibility index (Phi) is 2.14. The Labute approximate surface area is 93.1 Å². The minimum absolute atomic E-state index is 0.736. The fraction of sp³-hybridized carbons (Fsp3) is 0. The van der Waals surface area contributed by atoms with Crippen LogP contribution in [0.5, 0.6) is 0 Å². The van der Waals surface area contributed by atoms with Crippen molar-refractivity contribution in [2.24, 2.45) is 0 Å². The highest BCUT2D eigenvalue weighted by atomic mass is 127. The van der Waals surface area contributed by atoms with Gasteiger partial charge in [-0.2, -0.15) is 5.26 Å². The lowest BCUT2D eigenvalue weighted by molar-refractivity contribution is 1.50. The minimum Gasteiger partial charge on any atom is -0.398 e. The molecule has 0 saturated carbocycles. The Hall–Kier alpha value is -0.800. The first-order chi connectivity index (χ1) is 6.24. The Morgan fingerprint density at radius 1 is 1.54 bits per heavy atom. The molecule has 2 nitrogen and oxygen atoms in total. The number of hydrogen-bond acceptors (Lipinski definition) is 3. The summed E-state index contributed by atoms with van der Waals surface area (Å²) in [6.07, 6.45) is 0. The molecule has 0 aliphatic rings. The highest BCUT2D eigenvalue weighted by molar-refractivity contribution is 14.1. The van der Waals surface area contributed by atoms with Gasteiger partial charge in [-0.05, 0) is 40.1 Å². The molecule has 0 aliphatic carbocycles. The van der Waals surface area contributed by atoms with Gasteiger partial charge in [-0.15, -0.1) is 11.3 Å². The lowest BCUT2D eigenvalue weighted by Gasteiger charge is -2.00. The first-order valence-corrected chi connectivity index (χ1v) is 5.55. The Morgan fingerprint density at radius 3 is 3.00 bits per heavy atom. The highest BCUT2D eigenvalue weighted by Crippen LogP contribution is 2.32. The molecular formula is C9H5IN2S. The molecule has 0 fully saturated rings. The molecular weight excluding hydrogens is 295 g/mol. The quantitative estimate of drug-likeness (QED) is 0.600. The van der Waals surface area contributed by atoms with E-state index in [0.717, 1.165) is 24.9 Å². The van der Waals surface area contributed by atoms with E-state index in [0.29, 0.717) is 0 Å². The van der Waals surface area contributed by atoms with Crippen LogP contribution in [0, 0.1) is 14.9 Å². The van der Waals surface area contributed by atoms with Gasteiger partial charge in [0.25, 0.3) is 0 Å². The number of anilines is 1. The van der Waals surface area contributed by atoms with Crippen molar-refractivity contribution < 1.29 is 0 Å². The molecule has 1 aromatic carbocycles. The second kappa shape index (κ2) is 3.16. The third-order valence-electron chi connectivity index (χ3n) is 1.84. The highest BCUT2D eigenvalue weighted by Gasteiger charge is 2.09. The van der Waals surface area contributed by atoms with Gasteiger partial charge in [0.05, 0.1) is 10.3 Å². The molecule has 0 bridgehead atoms. The van der Waals surface area contributed by atoms with E-state index in [2.05, 4.69) is 28.7 Å². The number of nitriles is 1. The van der Waals surface area contributed by atoms with E-state index in [1.54, 1.807) is 11.3 Å². The Balaban J connectivity index is 2.99. The molecule has 0 atom stereocenters. The van der Waals surface area contributed by atoms with E-state index >= 15 is 0 Å². The third kappa shape index (κ3) is 1.28. The van der Waals surface area contributed by atoms with Crippen molar-refractivity contribution >= 4 is 49.7 Å². The maximum Gasteiger partial charge on any atom is 0.102 e. The third-order valence-corrected chi connectivity index (χ3v) is 3.62. The van der Waals surface area contributed by atoms with Gasteiger partial charge in [0, 0.05) is 14.6 Å². The van der Waals surface area contributed by atoms with Crippen LogP contribution in [0.25, 0.3) is 10.1 Å². The van der Waals surface area contributed by atoms with E-state index in [4.69, 9.17) is 11.0 Å². The van der Waals surface area contributed by atoms with Crippen LogP contribution < -0.4 is 5.73 Å². The van der Waals surface area contributed by atoms with Crippen molar-refractivity contribution in [2.75, 3.05) is 5.73 Å². The molecule has 1 heterocycles. The van der Waals surface area contributed by atoms with Crippen LogP contribution in [-0.4, -0.2) is 0 Å². The van der Waals surface area contributed by atoms with Crippen LogP contribution in [-0.2, 0) is 0 Å². The topological polar surface area (TPSA) is 49.8 Å². The predicted octanol–water partition coefficient (Wildman–Crippen LogP) is 2.96. The van der Waals surface area contributed by atoms with Gasteiger partial charge >= 0.3 is 0 Å². The minimum atomic E-state index is 0.736. The monoisotopic (exact) mass is 300 g/mol. The van der Waals surface area contributed by atoms with Crippen LogP contribution in [0.1, 0.15) is 5.56 Å². The number of hydrogen-bond donors (Lipinski definition) is 1. The average molecular weight is 300 g/mol. The molecule has 64 valence electrons. The van der Waals surface area contributed by atoms with Crippen LogP contribution >= 0.6 is 33.9 Å². The fourth-order valence-electron chi connectivity index (χ4n) is 1.23. The van der Waals surface area contributed by atoms with Crippen LogP contribution in [0.3, 0.4) is 0 Å². The number of nitrogens with two attached hydrogens (primary N) is 1. The largest absolute Gasteiger partial charge is 0.398 e. The molecule has 4 heteroatoms. The second-order valence-corrected chi connectivity index (χ2v) is 4.68. The molecule has 0 radical (unpaired) electrons. The molecule has 2 rings (SSSR count). The number of rotatable bonds is 0. The van der Waals surface area contributed by atoms with E-state index in [1.165, 1.54) is 0 Å². The molecule has 2 N–H and O–H groups in total. The molecule has 0 aliphatic heterocycles. The lowest BCUT2D eigenvalue weighted by atomic mass is 10.1. The van der Waals surface area contributed by atoms with E-state index in [1.807, 2.05) is 17.5 Å². The molecule has 0 amide bonds. The number of fused-ring (bicyclic) bond motifs is 1. The first kappa shape index (κ1) is 8.78. The van der Waals surface area contributed by atoms with Crippen LogP contribution in [0.15, 0.2) is 17.5 Å². The van der Waals surface area contributed by atoms with E-state index in [9.17, 15) is 0 Å². The van der Waals surface area contributed by atoms with Gasteiger partial charge in [0.2, 0.25) is 0 Å². The van der Waals surface area contributed by atoms with Crippen molar-refractivity contribution in [1.82, 2.24) is 0 Å². The zero-order valence-corrected chi connectivity index (χ0v) is 9.52. The van der Waals surface area contributed by atoms with Gasteiger partial charge in [0.1, 0.15) is 6.07 Å². The number of nitrogens with zero attached hydrogens (tertiary/aromatic N) is 1. The van der Waals surface area contributed by atoms with Gasteiger partial charge in [-0.25, -0.2) is 0 Å². The molecule has 0 unspecified atom stereocenters. The van der Waals surface area contributed by atoms with Crippen molar-refractivity contribution in [3.05, 3.63) is 26.6 Å². The van der Waals surface area contributed by atoms with Gasteiger partial charge in [0.15, 0.2) is 0 Å². The maximum absolute atomic E-state index is 8.94. The van der Waals surface area contributed by atoms with Crippen molar-refractivity contribution in [1.29, 1.82) is 5.26 Å². The summed E-state index contributed by atoms with van der Waals surface area (Å²) in [6, 6.07) is 5.99. The predicted molar refractivity (Wildman–Crippen MR) is 63.7 cm³/mol. The van der Waals surface area contributed by atoms with Crippen molar-refractivity contribution in [2.45, 2.75) is 0 Å². The molecule has 2 aromatic rings. The molecule has 0 saturated heterocycles. The van der Waals surface area contributed by atoms with Gasteiger partial charge < -0.3 is 5.73 Å². The average Bonchev–Trinajstić information content (AvgIpc) is 2.53. The summed E-state index contributed by atoms with van der Waals surface area (Å²) in [5.74, 6) is 0. The standard InChI is InChI=1S/C9H5IN2S/c10-7-3-8(12)5-1-2-13-9(5)6(7)4-11/h1-3H,12H2. The van der Waals surface area contributed by atoms with Crippen molar-refractivity contribution in [3.63, 3.8) is 0 Å². The summed E-state index contributed by atoms with van der Waals surface area (Å²) < 4.78 is 1.92. The van der Waals surface area contributed by atoms with E-state index < -0.39 is 0 Å². The summed E-state index contributed by atoms with van der Waals surface area (Å²) >= 11 is 3.70. The normalized spacial score (nSPS) is 10.2. The summed E-state index contributed by atoms with van der Waals surface area (Å²) in [7, 11) is 0. The van der Waals surface area contributed by atoms with Crippen LogP contribution in [0.4, 0.5) is 5.69 Å². The fourth-order valence-corrected chi connectivity index (χ4v) is 3.06. The smallest absolute Gasteiger partial charge is 0.102 e. The molecule has 1 aromatic heterocycles. The number of benzene rings is 1. The van der Waals surface area contributed by atoms with Crippen LogP contribution in [0.2, 0.25) is 0 Å².